The van der Waals surface area contributed by atoms with E-state index in [1.165, 1.54) is 12.1 Å². The Morgan fingerprint density at radius 2 is 2.44 bits per heavy atom. The van der Waals surface area contributed by atoms with Gasteiger partial charge >= 0.3 is 0 Å². The van der Waals surface area contributed by atoms with E-state index in [-0.39, 0.29) is 11.3 Å². The van der Waals surface area contributed by atoms with Gasteiger partial charge in [-0.2, -0.15) is 5.26 Å². The Bertz CT molecular complexity index is 249. The largest absolute Gasteiger partial charge is 0.507 e. The Balaban J connectivity index is 3.20. The van der Waals surface area contributed by atoms with Crippen molar-refractivity contribution in [2.45, 2.75) is 0 Å². The standard InChI is InChI=1S/C7H4NO/c8-5-6-3-1-2-4-7(6)9/h1,3-4,9H. The van der Waals surface area contributed by atoms with Crippen molar-refractivity contribution in [1.29, 1.82) is 5.26 Å². The van der Waals surface area contributed by atoms with Crippen molar-refractivity contribution in [2.75, 3.05) is 0 Å². The van der Waals surface area contributed by atoms with E-state index in [1.54, 1.807) is 6.07 Å². The van der Waals surface area contributed by atoms with Crippen LogP contribution in [-0.4, -0.2) is 5.11 Å². The van der Waals surface area contributed by atoms with Crippen LogP contribution in [0.3, 0.4) is 0 Å². The summed E-state index contributed by atoms with van der Waals surface area (Å²) < 4.78 is 0. The molecule has 0 saturated heterocycles. The number of phenols is 1. The van der Waals surface area contributed by atoms with Gasteiger partial charge in [-0.05, 0) is 18.2 Å². The summed E-state index contributed by atoms with van der Waals surface area (Å²) >= 11 is 0. The molecular weight excluding hydrogens is 114 g/mol. The van der Waals surface area contributed by atoms with Crippen molar-refractivity contribution in [3.63, 3.8) is 0 Å². The molecule has 0 unspecified atom stereocenters. The lowest BCUT2D eigenvalue weighted by Gasteiger charge is -1.89. The second-order valence-electron chi connectivity index (χ2n) is 1.56. The van der Waals surface area contributed by atoms with Crippen LogP contribution in [0.25, 0.3) is 0 Å². The summed E-state index contributed by atoms with van der Waals surface area (Å²) in [6, 6.07) is 8.91. The topological polar surface area (TPSA) is 44.0 Å². The molecule has 2 nitrogen and oxygen atoms in total. The number of nitriles is 1. The maximum Gasteiger partial charge on any atom is 0.133 e. The average Bonchev–Trinajstić information content (AvgIpc) is 1.89. The predicted molar refractivity (Wildman–Crippen MR) is 31.7 cm³/mol. The van der Waals surface area contributed by atoms with Crippen LogP contribution in [0.15, 0.2) is 18.2 Å². The Labute approximate surface area is 53.0 Å². The highest BCUT2D eigenvalue weighted by Crippen LogP contribution is 2.12. The molecule has 1 aromatic rings. The van der Waals surface area contributed by atoms with Crippen molar-refractivity contribution in [3.05, 3.63) is 29.8 Å². The normalized spacial score (nSPS) is 8.33. The molecule has 1 aromatic carbocycles. The van der Waals surface area contributed by atoms with Crippen LogP contribution in [0.2, 0.25) is 0 Å². The minimum atomic E-state index is -0.0139. The van der Waals surface area contributed by atoms with Crippen LogP contribution < -0.4 is 0 Å². The fraction of sp³-hybridized carbons (Fsp3) is 0. The van der Waals surface area contributed by atoms with Gasteiger partial charge in [-0.3, -0.25) is 0 Å². The molecule has 0 amide bonds. The van der Waals surface area contributed by atoms with Crippen molar-refractivity contribution < 1.29 is 5.11 Å². The van der Waals surface area contributed by atoms with Crippen molar-refractivity contribution >= 4 is 0 Å². The van der Waals surface area contributed by atoms with Gasteiger partial charge in [0, 0.05) is 0 Å². The van der Waals surface area contributed by atoms with Gasteiger partial charge < -0.3 is 5.11 Å². The van der Waals surface area contributed by atoms with Gasteiger partial charge in [0.15, 0.2) is 0 Å². The molecule has 1 N–H and O–H groups in total. The second kappa shape index (κ2) is 2.19. The maximum atomic E-state index is 8.86. The summed E-state index contributed by atoms with van der Waals surface area (Å²) in [4.78, 5) is 0. The lowest BCUT2D eigenvalue weighted by Crippen LogP contribution is -1.72. The van der Waals surface area contributed by atoms with Gasteiger partial charge in [-0.25, -0.2) is 0 Å². The fourth-order valence-electron chi connectivity index (χ4n) is 0.516. The molecule has 0 heterocycles. The summed E-state index contributed by atoms with van der Waals surface area (Å²) in [6.45, 7) is 0. The van der Waals surface area contributed by atoms with E-state index in [2.05, 4.69) is 6.07 Å². The molecule has 0 spiro atoms. The first-order valence-corrected chi connectivity index (χ1v) is 2.44. The third kappa shape index (κ3) is 1.000. The highest BCUT2D eigenvalue weighted by molar-refractivity contribution is 5.40. The van der Waals surface area contributed by atoms with Crippen molar-refractivity contribution in [1.82, 2.24) is 0 Å². The molecule has 2 heteroatoms. The lowest BCUT2D eigenvalue weighted by atomic mass is 10.2. The Morgan fingerprint density at radius 3 is 2.89 bits per heavy atom. The zero-order valence-corrected chi connectivity index (χ0v) is 4.63. The minimum Gasteiger partial charge on any atom is -0.507 e. The fourth-order valence-corrected chi connectivity index (χ4v) is 0.516. The first-order chi connectivity index (χ1) is 4.34. The summed E-state index contributed by atoms with van der Waals surface area (Å²) in [6.07, 6.45) is 0. The zero-order valence-electron chi connectivity index (χ0n) is 4.63. The number of hydrogen-bond acceptors (Lipinski definition) is 2. The molecule has 0 aromatic heterocycles. The van der Waals surface area contributed by atoms with E-state index >= 15 is 0 Å². The van der Waals surface area contributed by atoms with Gasteiger partial charge in [0.25, 0.3) is 0 Å². The zero-order chi connectivity index (χ0) is 6.69. The van der Waals surface area contributed by atoms with E-state index in [4.69, 9.17) is 10.4 Å². The van der Waals surface area contributed by atoms with Crippen LogP contribution in [-0.2, 0) is 0 Å². The summed E-state index contributed by atoms with van der Waals surface area (Å²) in [5, 5.41) is 17.2. The van der Waals surface area contributed by atoms with Crippen LogP contribution in [0.5, 0.6) is 5.75 Å². The van der Waals surface area contributed by atoms with Crippen LogP contribution in [0, 0.1) is 17.4 Å². The van der Waals surface area contributed by atoms with E-state index in [9.17, 15) is 0 Å². The van der Waals surface area contributed by atoms with Crippen LogP contribution in [0.4, 0.5) is 0 Å². The summed E-state index contributed by atoms with van der Waals surface area (Å²) in [5.41, 5.74) is 0.286. The Hall–Kier alpha value is -1.49. The molecule has 43 valence electrons. The number of nitrogens with zero attached hydrogens (tertiary/aromatic N) is 1. The average molecular weight is 118 g/mol. The number of aromatic hydroxyl groups is 1. The molecule has 1 rings (SSSR count). The third-order valence-corrected chi connectivity index (χ3v) is 0.963. The first-order valence-electron chi connectivity index (χ1n) is 2.44. The summed E-state index contributed by atoms with van der Waals surface area (Å²) in [7, 11) is 0. The molecule has 1 radical (unpaired) electrons. The van der Waals surface area contributed by atoms with Gasteiger partial charge in [0.1, 0.15) is 11.8 Å². The number of phenolic OH excluding ortho intramolecular Hbond substituents is 1. The van der Waals surface area contributed by atoms with Crippen molar-refractivity contribution in [3.8, 4) is 11.8 Å². The molecular formula is C7H4NO. The second-order valence-corrected chi connectivity index (χ2v) is 1.56. The molecule has 0 bridgehead atoms. The van der Waals surface area contributed by atoms with Gasteiger partial charge in [-0.15, -0.1) is 0 Å². The van der Waals surface area contributed by atoms with Crippen LogP contribution >= 0.6 is 0 Å². The minimum absolute atomic E-state index is 0.0139. The van der Waals surface area contributed by atoms with E-state index in [0.717, 1.165) is 0 Å². The van der Waals surface area contributed by atoms with Crippen LogP contribution in [0.1, 0.15) is 5.56 Å². The smallest absolute Gasteiger partial charge is 0.133 e. The molecule has 0 atom stereocenters. The first kappa shape index (κ1) is 5.64. The van der Waals surface area contributed by atoms with Gasteiger partial charge in [0.2, 0.25) is 0 Å². The van der Waals surface area contributed by atoms with E-state index in [0.29, 0.717) is 0 Å². The molecule has 0 aliphatic rings. The number of hydrogen-bond donors (Lipinski definition) is 1. The molecule has 0 fully saturated rings. The Morgan fingerprint density at radius 1 is 1.67 bits per heavy atom. The van der Waals surface area contributed by atoms with Gasteiger partial charge in [0.05, 0.1) is 5.56 Å². The monoisotopic (exact) mass is 118 g/mol. The third-order valence-electron chi connectivity index (χ3n) is 0.963. The molecule has 0 aliphatic heterocycles. The molecule has 0 aliphatic carbocycles. The number of benzene rings is 1. The lowest BCUT2D eigenvalue weighted by molar-refractivity contribution is 0.473. The SMILES string of the molecule is N#Cc1cc[c]cc1O. The molecule has 0 saturated carbocycles. The molecule has 9 heavy (non-hydrogen) atoms. The van der Waals surface area contributed by atoms with E-state index in [1.807, 2.05) is 6.07 Å². The predicted octanol–water partition coefficient (Wildman–Crippen LogP) is 1.06. The van der Waals surface area contributed by atoms with Crippen molar-refractivity contribution in [2.24, 2.45) is 0 Å². The summed E-state index contributed by atoms with van der Waals surface area (Å²) in [5.74, 6) is -0.0139. The maximum absolute atomic E-state index is 8.86. The highest BCUT2D eigenvalue weighted by atomic mass is 16.3. The van der Waals surface area contributed by atoms with E-state index < -0.39 is 0 Å². The highest BCUT2D eigenvalue weighted by Gasteiger charge is 1.93. The Kier molecular flexibility index (Phi) is 1.37. The quantitative estimate of drug-likeness (QED) is 0.553. The number of rotatable bonds is 0. The van der Waals surface area contributed by atoms with Gasteiger partial charge in [-0.1, -0.05) is 6.07 Å².